The Morgan fingerprint density at radius 1 is 0.925 bits per heavy atom. The van der Waals surface area contributed by atoms with Crippen molar-refractivity contribution in [2.45, 2.75) is 31.9 Å². The molecule has 0 amide bonds. The van der Waals surface area contributed by atoms with Crippen LogP contribution in [-0.4, -0.2) is 12.8 Å². The third-order valence-electron chi connectivity index (χ3n) is 7.55. The standard InChI is InChI=1S/C34H30Cl2N2O2/c1-2-39-33-18-22(10-17-32(33)40-21-24-11-14-25(35)19-30(24)36)20-37-26-15-12-23(13-16-26)34-29-8-5-7-27(29)28-6-3-4-9-31(28)38-34/h3-7,9-20,27,29,34,38H,2,8,21H2,1H3/t27-,29-,34-/m0/s1. The molecular weight excluding hydrogens is 539 g/mol. The summed E-state index contributed by atoms with van der Waals surface area (Å²) in [5.41, 5.74) is 6.60. The van der Waals surface area contributed by atoms with E-state index in [4.69, 9.17) is 37.7 Å². The number of ether oxygens (including phenoxy) is 2. The van der Waals surface area contributed by atoms with E-state index in [0.717, 1.165) is 23.2 Å². The van der Waals surface area contributed by atoms with E-state index in [1.54, 1.807) is 12.1 Å². The number of hydrogen-bond acceptors (Lipinski definition) is 4. The Balaban J connectivity index is 1.15. The predicted molar refractivity (Wildman–Crippen MR) is 165 cm³/mol. The number of anilines is 1. The molecule has 0 aromatic heterocycles. The summed E-state index contributed by atoms with van der Waals surface area (Å²) in [7, 11) is 0. The smallest absolute Gasteiger partial charge is 0.161 e. The van der Waals surface area contributed by atoms with Crippen LogP contribution in [0.15, 0.2) is 102 Å². The van der Waals surface area contributed by atoms with Crippen LogP contribution in [0.4, 0.5) is 11.4 Å². The average molecular weight is 570 g/mol. The minimum absolute atomic E-state index is 0.275. The summed E-state index contributed by atoms with van der Waals surface area (Å²) in [6.45, 7) is 2.79. The van der Waals surface area contributed by atoms with Gasteiger partial charge in [0, 0.05) is 33.4 Å². The quantitative estimate of drug-likeness (QED) is 0.170. The number of rotatable bonds is 8. The lowest BCUT2D eigenvalue weighted by molar-refractivity contribution is 0.269. The summed E-state index contributed by atoms with van der Waals surface area (Å²) in [6, 6.07) is 28.7. The van der Waals surface area contributed by atoms with Gasteiger partial charge in [-0.2, -0.15) is 0 Å². The summed E-state index contributed by atoms with van der Waals surface area (Å²) in [5.74, 6) is 2.30. The summed E-state index contributed by atoms with van der Waals surface area (Å²) in [6.07, 6.45) is 7.63. The van der Waals surface area contributed by atoms with E-state index in [1.165, 1.54) is 16.8 Å². The zero-order chi connectivity index (χ0) is 27.5. The van der Waals surface area contributed by atoms with E-state index < -0.39 is 0 Å². The van der Waals surface area contributed by atoms with Crippen molar-refractivity contribution >= 4 is 40.8 Å². The van der Waals surface area contributed by atoms with E-state index in [2.05, 4.69) is 66.0 Å². The zero-order valence-electron chi connectivity index (χ0n) is 22.2. The molecule has 4 nitrogen and oxygen atoms in total. The van der Waals surface area contributed by atoms with Gasteiger partial charge in [0.15, 0.2) is 11.5 Å². The molecule has 3 atom stereocenters. The van der Waals surface area contributed by atoms with Crippen LogP contribution in [0, 0.1) is 5.92 Å². The second-order valence-electron chi connectivity index (χ2n) is 10.1. The fraction of sp³-hybridized carbons (Fsp3) is 0.206. The lowest BCUT2D eigenvalue weighted by atomic mass is 9.77. The molecule has 0 fully saturated rings. The van der Waals surface area contributed by atoms with Crippen LogP contribution in [0.1, 0.15) is 47.6 Å². The van der Waals surface area contributed by atoms with Crippen molar-refractivity contribution in [3.05, 3.63) is 129 Å². The normalized spacial score (nSPS) is 19.2. The third kappa shape index (κ3) is 5.60. The van der Waals surface area contributed by atoms with Gasteiger partial charge < -0.3 is 14.8 Å². The van der Waals surface area contributed by atoms with E-state index in [0.29, 0.717) is 46.6 Å². The Bertz CT molecular complexity index is 1560. The average Bonchev–Trinajstić information content (AvgIpc) is 3.47. The first-order chi connectivity index (χ1) is 19.6. The van der Waals surface area contributed by atoms with Gasteiger partial charge in [0.05, 0.1) is 18.3 Å². The van der Waals surface area contributed by atoms with Gasteiger partial charge in [0.2, 0.25) is 0 Å². The van der Waals surface area contributed by atoms with Gasteiger partial charge in [0.25, 0.3) is 0 Å². The highest BCUT2D eigenvalue weighted by Crippen LogP contribution is 2.49. The van der Waals surface area contributed by atoms with Gasteiger partial charge in [-0.1, -0.05) is 71.8 Å². The van der Waals surface area contributed by atoms with Crippen molar-refractivity contribution in [2.75, 3.05) is 11.9 Å². The molecular formula is C34H30Cl2N2O2. The fourth-order valence-electron chi connectivity index (χ4n) is 5.58. The molecule has 0 saturated heterocycles. The van der Waals surface area contributed by atoms with E-state index in [1.807, 2.05) is 37.4 Å². The molecule has 40 heavy (non-hydrogen) atoms. The topological polar surface area (TPSA) is 42.8 Å². The molecule has 0 radical (unpaired) electrons. The van der Waals surface area contributed by atoms with Crippen molar-refractivity contribution in [1.82, 2.24) is 0 Å². The maximum Gasteiger partial charge on any atom is 0.161 e. The van der Waals surface area contributed by atoms with Crippen LogP contribution >= 0.6 is 23.2 Å². The minimum Gasteiger partial charge on any atom is -0.490 e. The van der Waals surface area contributed by atoms with E-state index in [-0.39, 0.29) is 6.04 Å². The summed E-state index contributed by atoms with van der Waals surface area (Å²) < 4.78 is 11.9. The number of nitrogens with zero attached hydrogens (tertiary/aromatic N) is 1. The van der Waals surface area contributed by atoms with Gasteiger partial charge >= 0.3 is 0 Å². The molecule has 1 aliphatic carbocycles. The number of aliphatic imine (C=N–C) groups is 1. The first-order valence-electron chi connectivity index (χ1n) is 13.6. The molecule has 2 aliphatic rings. The Hall–Kier alpha value is -3.73. The monoisotopic (exact) mass is 568 g/mol. The largest absolute Gasteiger partial charge is 0.490 e. The van der Waals surface area contributed by atoms with E-state index >= 15 is 0 Å². The van der Waals surface area contributed by atoms with Gasteiger partial charge in [-0.05, 0) is 84.5 Å². The summed E-state index contributed by atoms with van der Waals surface area (Å²) in [4.78, 5) is 4.73. The first kappa shape index (κ1) is 26.5. The Morgan fingerprint density at radius 3 is 2.60 bits per heavy atom. The van der Waals surface area contributed by atoms with Crippen molar-refractivity contribution in [1.29, 1.82) is 0 Å². The Morgan fingerprint density at radius 2 is 1.77 bits per heavy atom. The minimum atomic E-state index is 0.275. The number of hydrogen-bond donors (Lipinski definition) is 1. The van der Waals surface area contributed by atoms with Crippen LogP contribution in [0.25, 0.3) is 0 Å². The molecule has 6 rings (SSSR count). The lowest BCUT2D eigenvalue weighted by Crippen LogP contribution is -2.28. The molecule has 0 unspecified atom stereocenters. The number of allylic oxidation sites excluding steroid dienone is 2. The Labute approximate surface area is 245 Å². The number of halogens is 2. The summed E-state index contributed by atoms with van der Waals surface area (Å²) in [5, 5.41) is 4.96. The second kappa shape index (κ2) is 11.8. The van der Waals surface area contributed by atoms with Crippen LogP contribution in [0.5, 0.6) is 11.5 Å². The van der Waals surface area contributed by atoms with Crippen molar-refractivity contribution in [2.24, 2.45) is 10.9 Å². The second-order valence-corrected chi connectivity index (χ2v) is 10.9. The molecule has 4 aromatic rings. The number of benzene rings is 4. The van der Waals surface area contributed by atoms with Crippen molar-refractivity contribution in [3.63, 3.8) is 0 Å². The summed E-state index contributed by atoms with van der Waals surface area (Å²) >= 11 is 12.3. The first-order valence-corrected chi connectivity index (χ1v) is 14.3. The molecule has 202 valence electrons. The SMILES string of the molecule is CCOc1cc(C=Nc2ccc([C@@H]3Nc4ccccc4[C@@H]4C=CC[C@@H]43)cc2)ccc1OCc1ccc(Cl)cc1Cl. The van der Waals surface area contributed by atoms with Gasteiger partial charge in [-0.15, -0.1) is 0 Å². The molecule has 4 aromatic carbocycles. The van der Waals surface area contributed by atoms with Crippen molar-refractivity contribution in [3.8, 4) is 11.5 Å². The highest BCUT2D eigenvalue weighted by molar-refractivity contribution is 6.35. The van der Waals surface area contributed by atoms with Gasteiger partial charge in [-0.3, -0.25) is 4.99 Å². The molecule has 0 bridgehead atoms. The van der Waals surface area contributed by atoms with Gasteiger partial charge in [0.1, 0.15) is 6.61 Å². The molecule has 1 N–H and O–H groups in total. The predicted octanol–water partition coefficient (Wildman–Crippen LogP) is 9.55. The van der Waals surface area contributed by atoms with Crippen LogP contribution in [-0.2, 0) is 6.61 Å². The number of para-hydroxylation sites is 1. The maximum absolute atomic E-state index is 6.30. The lowest BCUT2D eigenvalue weighted by Gasteiger charge is -2.37. The number of fused-ring (bicyclic) bond motifs is 3. The van der Waals surface area contributed by atoms with Crippen LogP contribution in [0.3, 0.4) is 0 Å². The third-order valence-corrected chi connectivity index (χ3v) is 8.14. The van der Waals surface area contributed by atoms with E-state index in [9.17, 15) is 0 Å². The molecule has 0 saturated carbocycles. The highest BCUT2D eigenvalue weighted by Gasteiger charge is 2.37. The van der Waals surface area contributed by atoms with Crippen LogP contribution < -0.4 is 14.8 Å². The molecule has 6 heteroatoms. The number of nitrogens with one attached hydrogen (secondary N) is 1. The fourth-order valence-corrected chi connectivity index (χ4v) is 6.04. The molecule has 1 aliphatic heterocycles. The van der Waals surface area contributed by atoms with Crippen molar-refractivity contribution < 1.29 is 9.47 Å². The van der Waals surface area contributed by atoms with Gasteiger partial charge in [-0.25, -0.2) is 0 Å². The molecule has 0 spiro atoms. The maximum atomic E-state index is 6.30. The Kier molecular flexibility index (Phi) is 7.81. The molecule has 1 heterocycles. The zero-order valence-corrected chi connectivity index (χ0v) is 23.7. The highest BCUT2D eigenvalue weighted by atomic mass is 35.5. The van der Waals surface area contributed by atoms with Crippen LogP contribution in [0.2, 0.25) is 10.0 Å².